The summed E-state index contributed by atoms with van der Waals surface area (Å²) in [7, 11) is 0. The molecule has 0 aromatic carbocycles. The molecule has 102 valence electrons. The molecule has 10 heteroatoms. The van der Waals surface area contributed by atoms with E-state index in [1.54, 1.807) is 0 Å². The lowest BCUT2D eigenvalue weighted by molar-refractivity contribution is 0.283. The van der Waals surface area contributed by atoms with E-state index >= 15 is 0 Å². The molecule has 0 saturated carbocycles. The summed E-state index contributed by atoms with van der Waals surface area (Å²) in [5.74, 6) is 0. The Morgan fingerprint density at radius 3 is 3.05 bits per heavy atom. The lowest BCUT2D eigenvalue weighted by atomic mass is 10.1. The minimum absolute atomic E-state index is 0.0898. The number of thioether (sulfide) groups is 1. The van der Waals surface area contributed by atoms with Gasteiger partial charge in [0.15, 0.2) is 0 Å². The van der Waals surface area contributed by atoms with Gasteiger partial charge < -0.3 is 5.11 Å². The number of aromatic nitrogens is 2. The number of hydrogen-bond acceptors (Lipinski definition) is 5. The van der Waals surface area contributed by atoms with Crippen molar-refractivity contribution in [1.82, 2.24) is 9.55 Å². The zero-order valence-electron chi connectivity index (χ0n) is 9.56. The third-order valence-electron chi connectivity index (χ3n) is 2.82. The van der Waals surface area contributed by atoms with E-state index in [2.05, 4.69) is 15.0 Å². The molecular weight excluding hydrogens is 294 g/mol. The maximum Gasteiger partial charge on any atom is 0.329 e. The second-order valence-electron chi connectivity index (χ2n) is 3.96. The number of azide groups is 1. The van der Waals surface area contributed by atoms with Gasteiger partial charge in [-0.15, -0.1) is 11.8 Å². The first-order valence-electron chi connectivity index (χ1n) is 5.38. The Morgan fingerprint density at radius 1 is 1.68 bits per heavy atom. The Bertz CT molecular complexity index is 637. The predicted octanol–water partition coefficient (Wildman–Crippen LogP) is 0.865. The molecule has 0 aliphatic carbocycles. The number of halogens is 1. The smallest absolute Gasteiger partial charge is 0.329 e. The monoisotopic (exact) mass is 303 g/mol. The summed E-state index contributed by atoms with van der Waals surface area (Å²) in [5, 5.41) is 12.1. The number of hydrogen-bond donors (Lipinski definition) is 2. The van der Waals surface area contributed by atoms with Gasteiger partial charge in [0, 0.05) is 16.4 Å². The van der Waals surface area contributed by atoms with Gasteiger partial charge >= 0.3 is 5.69 Å². The highest BCUT2D eigenvalue weighted by Crippen LogP contribution is 2.42. The van der Waals surface area contributed by atoms with Gasteiger partial charge in [-0.25, -0.2) is 4.79 Å². The standard InChI is InChI=1S/C9H10ClN5O3S/c10-4-2-15(9(18)12-8(4)17)7-1-5(13-14-11)6(3-16)19-7/h2,5-7,16H,1,3H2,(H,12,17,18)/t5-,6+,7-/m0/s1. The third-order valence-corrected chi connectivity index (χ3v) is 4.63. The second-order valence-corrected chi connectivity index (χ2v) is 5.79. The van der Waals surface area contributed by atoms with E-state index in [-0.39, 0.29) is 22.3 Å². The maximum atomic E-state index is 11.7. The SMILES string of the molecule is [N-]=[N+]=N[C@H]1C[C@@H](n2cc(Cl)c(=O)[nH]c2=O)S[C@@H]1CO. The van der Waals surface area contributed by atoms with Crippen LogP contribution in [0.5, 0.6) is 0 Å². The lowest BCUT2D eigenvalue weighted by Crippen LogP contribution is -2.31. The average Bonchev–Trinajstić information content (AvgIpc) is 2.77. The zero-order valence-corrected chi connectivity index (χ0v) is 11.1. The van der Waals surface area contributed by atoms with Crippen LogP contribution in [0.4, 0.5) is 0 Å². The van der Waals surface area contributed by atoms with Crippen molar-refractivity contribution >= 4 is 23.4 Å². The van der Waals surface area contributed by atoms with E-state index in [0.717, 1.165) is 0 Å². The summed E-state index contributed by atoms with van der Waals surface area (Å²) >= 11 is 7.00. The molecule has 1 aliphatic rings. The van der Waals surface area contributed by atoms with E-state index < -0.39 is 17.3 Å². The average molecular weight is 304 g/mol. The summed E-state index contributed by atoms with van der Waals surface area (Å²) in [6.45, 7) is -0.156. The summed E-state index contributed by atoms with van der Waals surface area (Å²) in [6, 6.07) is -0.400. The first-order valence-corrected chi connectivity index (χ1v) is 6.70. The van der Waals surface area contributed by atoms with Gasteiger partial charge in [0.2, 0.25) is 0 Å². The molecule has 1 aromatic heterocycles. The molecule has 0 radical (unpaired) electrons. The molecule has 2 N–H and O–H groups in total. The van der Waals surface area contributed by atoms with Crippen LogP contribution in [0.15, 0.2) is 20.9 Å². The van der Waals surface area contributed by atoms with Crippen molar-refractivity contribution in [3.63, 3.8) is 0 Å². The highest BCUT2D eigenvalue weighted by molar-refractivity contribution is 8.00. The van der Waals surface area contributed by atoms with Crippen LogP contribution >= 0.6 is 23.4 Å². The van der Waals surface area contributed by atoms with Crippen molar-refractivity contribution < 1.29 is 5.11 Å². The number of H-pyrrole nitrogens is 1. The van der Waals surface area contributed by atoms with Crippen LogP contribution in [0.3, 0.4) is 0 Å². The Balaban J connectivity index is 2.34. The number of aliphatic hydroxyl groups excluding tert-OH is 1. The van der Waals surface area contributed by atoms with Gasteiger partial charge in [-0.2, -0.15) is 0 Å². The summed E-state index contributed by atoms with van der Waals surface area (Å²) in [4.78, 5) is 27.7. The normalized spacial score (nSPS) is 26.1. The number of rotatable bonds is 3. The minimum atomic E-state index is -0.642. The minimum Gasteiger partial charge on any atom is -0.395 e. The molecule has 8 nitrogen and oxygen atoms in total. The Kier molecular flexibility index (Phi) is 4.20. The number of aromatic amines is 1. The van der Waals surface area contributed by atoms with Crippen LogP contribution in [0, 0.1) is 0 Å². The van der Waals surface area contributed by atoms with E-state index in [1.165, 1.54) is 22.5 Å². The molecule has 2 rings (SSSR count). The molecule has 1 aromatic rings. The van der Waals surface area contributed by atoms with Crippen molar-refractivity contribution in [2.45, 2.75) is 23.1 Å². The fraction of sp³-hybridized carbons (Fsp3) is 0.556. The molecule has 1 saturated heterocycles. The Hall–Kier alpha value is -1.41. The fourth-order valence-corrected chi connectivity index (χ4v) is 3.50. The van der Waals surface area contributed by atoms with Gasteiger partial charge in [0.05, 0.1) is 18.0 Å². The fourth-order valence-electron chi connectivity index (χ4n) is 1.91. The zero-order chi connectivity index (χ0) is 14.0. The molecule has 19 heavy (non-hydrogen) atoms. The highest BCUT2D eigenvalue weighted by atomic mass is 35.5. The molecule has 0 amide bonds. The molecule has 1 aliphatic heterocycles. The van der Waals surface area contributed by atoms with Gasteiger partial charge in [-0.05, 0) is 12.0 Å². The first kappa shape index (κ1) is 14.0. The molecule has 0 bridgehead atoms. The largest absolute Gasteiger partial charge is 0.395 e. The van der Waals surface area contributed by atoms with Crippen LogP contribution < -0.4 is 11.2 Å². The van der Waals surface area contributed by atoms with Gasteiger partial charge in [0.1, 0.15) is 5.02 Å². The predicted molar refractivity (Wildman–Crippen MR) is 71.4 cm³/mol. The van der Waals surface area contributed by atoms with Crippen molar-refractivity contribution in [3.8, 4) is 0 Å². The van der Waals surface area contributed by atoms with Crippen LogP contribution in [-0.2, 0) is 0 Å². The summed E-state index contributed by atoms with van der Waals surface area (Å²) < 4.78 is 1.28. The quantitative estimate of drug-likeness (QED) is 0.488. The number of aliphatic hydroxyl groups is 1. The summed E-state index contributed by atoms with van der Waals surface area (Å²) in [6.07, 6.45) is 1.65. The first-order chi connectivity index (χ1) is 9.06. The van der Waals surface area contributed by atoms with Crippen LogP contribution in [0.2, 0.25) is 5.02 Å². The van der Waals surface area contributed by atoms with Gasteiger partial charge in [-0.1, -0.05) is 16.7 Å². The molecular formula is C9H10ClN5O3S. The van der Waals surface area contributed by atoms with Crippen LogP contribution in [0.25, 0.3) is 10.4 Å². The third kappa shape index (κ3) is 2.79. The van der Waals surface area contributed by atoms with E-state index in [0.29, 0.717) is 6.42 Å². The molecule has 2 heterocycles. The van der Waals surface area contributed by atoms with E-state index in [1.807, 2.05) is 0 Å². The van der Waals surface area contributed by atoms with Crippen molar-refractivity contribution in [3.05, 3.63) is 42.5 Å². The second kappa shape index (κ2) is 5.70. The van der Waals surface area contributed by atoms with Crippen molar-refractivity contribution in [2.24, 2.45) is 5.11 Å². The molecule has 3 atom stereocenters. The maximum absolute atomic E-state index is 11.7. The van der Waals surface area contributed by atoms with Gasteiger partial charge in [0.25, 0.3) is 5.56 Å². The lowest BCUT2D eigenvalue weighted by Gasteiger charge is -2.12. The molecule has 1 fully saturated rings. The Labute approximate surface area is 116 Å². The Morgan fingerprint density at radius 2 is 2.42 bits per heavy atom. The van der Waals surface area contributed by atoms with Crippen molar-refractivity contribution in [2.75, 3.05) is 6.61 Å². The number of nitrogens with zero attached hydrogens (tertiary/aromatic N) is 4. The van der Waals surface area contributed by atoms with Gasteiger partial charge in [-0.3, -0.25) is 14.3 Å². The summed E-state index contributed by atoms with van der Waals surface area (Å²) in [5.41, 5.74) is 7.24. The van der Waals surface area contributed by atoms with E-state index in [9.17, 15) is 14.7 Å². The molecule has 0 spiro atoms. The van der Waals surface area contributed by atoms with Crippen LogP contribution in [-0.4, -0.2) is 32.6 Å². The van der Waals surface area contributed by atoms with Crippen molar-refractivity contribution in [1.29, 1.82) is 0 Å². The van der Waals surface area contributed by atoms with E-state index in [4.69, 9.17) is 17.1 Å². The highest BCUT2D eigenvalue weighted by Gasteiger charge is 2.35. The molecule has 0 unspecified atom stereocenters. The number of nitrogens with one attached hydrogen (secondary N) is 1. The topological polar surface area (TPSA) is 124 Å². The van der Waals surface area contributed by atoms with Crippen LogP contribution in [0.1, 0.15) is 11.8 Å².